The van der Waals surface area contributed by atoms with Crippen LogP contribution in [0.4, 0.5) is 0 Å². The van der Waals surface area contributed by atoms with Crippen molar-refractivity contribution in [2.45, 2.75) is 33.2 Å². The molecule has 1 unspecified atom stereocenters. The van der Waals surface area contributed by atoms with Gasteiger partial charge in [0.2, 0.25) is 0 Å². The minimum Gasteiger partial charge on any atom is -0.497 e. The zero-order valence-corrected chi connectivity index (χ0v) is 14.8. The number of hydrogen-bond acceptors (Lipinski definition) is 3. The minimum atomic E-state index is -0.127. The molecule has 0 bridgehead atoms. The molecule has 0 radical (unpaired) electrons. The molecule has 0 aliphatic rings. The molecule has 2 aromatic carbocycles. The summed E-state index contributed by atoms with van der Waals surface area (Å²) in [6.45, 7) is 6.20. The van der Waals surface area contributed by atoms with Crippen LogP contribution in [0.15, 0.2) is 42.5 Å². The molecule has 2 aromatic rings. The van der Waals surface area contributed by atoms with Gasteiger partial charge in [-0.25, -0.2) is 0 Å². The molecule has 0 saturated heterocycles. The van der Waals surface area contributed by atoms with Crippen LogP contribution in [0.1, 0.15) is 36.1 Å². The third-order valence-corrected chi connectivity index (χ3v) is 3.97. The Morgan fingerprint density at radius 2 is 1.75 bits per heavy atom. The van der Waals surface area contributed by atoms with Crippen LogP contribution in [0.2, 0.25) is 0 Å². The number of rotatable bonds is 7. The van der Waals surface area contributed by atoms with Crippen molar-refractivity contribution < 1.29 is 14.3 Å². The summed E-state index contributed by atoms with van der Waals surface area (Å²) in [6.07, 6.45) is 0.832. The fraction of sp³-hybridized carbons (Fsp3) is 0.350. The summed E-state index contributed by atoms with van der Waals surface area (Å²) in [5.41, 5.74) is 3.57. The van der Waals surface area contributed by atoms with E-state index in [1.165, 1.54) is 11.1 Å². The molecule has 0 aliphatic carbocycles. The molecule has 0 saturated carbocycles. The number of amides is 1. The van der Waals surface area contributed by atoms with E-state index in [1.54, 1.807) is 31.4 Å². The Labute approximate surface area is 143 Å². The van der Waals surface area contributed by atoms with Gasteiger partial charge in [0.25, 0.3) is 5.91 Å². The monoisotopic (exact) mass is 327 g/mol. The number of nitrogens with one attached hydrogen (secondary N) is 1. The van der Waals surface area contributed by atoms with Crippen molar-refractivity contribution in [2.24, 2.45) is 0 Å². The number of ether oxygens (including phenoxy) is 2. The third-order valence-electron chi connectivity index (χ3n) is 3.97. The summed E-state index contributed by atoms with van der Waals surface area (Å²) in [5.74, 6) is 1.27. The Balaban J connectivity index is 1.93. The highest BCUT2D eigenvalue weighted by Gasteiger charge is 2.15. The lowest BCUT2D eigenvalue weighted by Crippen LogP contribution is -2.32. The minimum absolute atomic E-state index is 0.00225. The lowest BCUT2D eigenvalue weighted by Gasteiger charge is -2.20. The zero-order chi connectivity index (χ0) is 17.5. The number of aryl methyl sites for hydroxylation is 2. The van der Waals surface area contributed by atoms with Gasteiger partial charge in [0.15, 0.2) is 6.61 Å². The Morgan fingerprint density at radius 1 is 1.08 bits per heavy atom. The van der Waals surface area contributed by atoms with Gasteiger partial charge in [-0.3, -0.25) is 4.79 Å². The molecular weight excluding hydrogens is 302 g/mol. The van der Waals surface area contributed by atoms with Crippen LogP contribution in [0.5, 0.6) is 11.5 Å². The average Bonchev–Trinajstić information content (AvgIpc) is 2.59. The van der Waals surface area contributed by atoms with Crippen molar-refractivity contribution in [3.63, 3.8) is 0 Å². The van der Waals surface area contributed by atoms with E-state index in [9.17, 15) is 4.79 Å². The van der Waals surface area contributed by atoms with Crippen LogP contribution >= 0.6 is 0 Å². The van der Waals surface area contributed by atoms with Crippen LogP contribution in [0.3, 0.4) is 0 Å². The summed E-state index contributed by atoms with van der Waals surface area (Å²) in [6, 6.07) is 13.5. The normalized spacial score (nSPS) is 11.7. The van der Waals surface area contributed by atoms with Gasteiger partial charge >= 0.3 is 0 Å². The number of hydrogen-bond donors (Lipinski definition) is 1. The van der Waals surface area contributed by atoms with E-state index in [-0.39, 0.29) is 18.6 Å². The van der Waals surface area contributed by atoms with Crippen molar-refractivity contribution in [3.8, 4) is 11.5 Å². The van der Waals surface area contributed by atoms with E-state index in [4.69, 9.17) is 9.47 Å². The van der Waals surface area contributed by atoms with Crippen molar-refractivity contribution in [1.82, 2.24) is 5.32 Å². The lowest BCUT2D eigenvalue weighted by molar-refractivity contribution is -0.123. The Morgan fingerprint density at radius 3 is 2.33 bits per heavy atom. The molecule has 0 fully saturated rings. The maximum absolute atomic E-state index is 12.2. The van der Waals surface area contributed by atoms with E-state index in [1.807, 2.05) is 0 Å². The van der Waals surface area contributed by atoms with Crippen LogP contribution in [-0.2, 0) is 4.79 Å². The number of carbonyl (C=O) groups is 1. The number of methoxy groups -OCH3 is 1. The van der Waals surface area contributed by atoms with Gasteiger partial charge in [-0.05, 0) is 55.7 Å². The molecule has 0 heterocycles. The summed E-state index contributed by atoms with van der Waals surface area (Å²) >= 11 is 0. The van der Waals surface area contributed by atoms with Gasteiger partial charge < -0.3 is 14.8 Å². The predicted octanol–water partition coefficient (Wildman–Crippen LogP) is 3.96. The Hall–Kier alpha value is -2.49. The molecule has 0 aliphatic heterocycles. The van der Waals surface area contributed by atoms with Crippen molar-refractivity contribution in [3.05, 3.63) is 59.2 Å². The molecule has 24 heavy (non-hydrogen) atoms. The van der Waals surface area contributed by atoms with Gasteiger partial charge in [0.1, 0.15) is 11.5 Å². The van der Waals surface area contributed by atoms with Gasteiger partial charge in [-0.2, -0.15) is 0 Å². The average molecular weight is 327 g/mol. The lowest BCUT2D eigenvalue weighted by atomic mass is 9.97. The van der Waals surface area contributed by atoms with Crippen LogP contribution in [0.25, 0.3) is 0 Å². The maximum Gasteiger partial charge on any atom is 0.258 e. The Kier molecular flexibility index (Phi) is 6.24. The smallest absolute Gasteiger partial charge is 0.258 e. The molecule has 1 N–H and O–H groups in total. The second-order valence-electron chi connectivity index (χ2n) is 5.85. The summed E-state index contributed by atoms with van der Waals surface area (Å²) in [7, 11) is 1.61. The highest BCUT2D eigenvalue weighted by Crippen LogP contribution is 2.22. The maximum atomic E-state index is 12.2. The molecule has 0 aromatic heterocycles. The van der Waals surface area contributed by atoms with Gasteiger partial charge in [0.05, 0.1) is 13.2 Å². The fourth-order valence-corrected chi connectivity index (χ4v) is 2.67. The molecule has 128 valence electrons. The molecule has 1 atom stereocenters. The molecule has 4 nitrogen and oxygen atoms in total. The first-order valence-corrected chi connectivity index (χ1v) is 8.16. The van der Waals surface area contributed by atoms with E-state index < -0.39 is 0 Å². The molecule has 2 rings (SSSR count). The zero-order valence-electron chi connectivity index (χ0n) is 14.8. The highest BCUT2D eigenvalue weighted by atomic mass is 16.5. The largest absolute Gasteiger partial charge is 0.497 e. The number of benzene rings is 2. The van der Waals surface area contributed by atoms with E-state index in [0.717, 1.165) is 17.7 Å². The van der Waals surface area contributed by atoms with Crippen LogP contribution in [-0.4, -0.2) is 19.6 Å². The molecule has 1 amide bonds. The second-order valence-corrected chi connectivity index (χ2v) is 5.85. The SMILES string of the molecule is CCC(NC(=O)COc1ccc(OC)cc1)c1ccc(C)cc1C. The topological polar surface area (TPSA) is 47.6 Å². The standard InChI is InChI=1S/C20H25NO3/c1-5-19(18-11-6-14(2)12-15(18)3)21-20(22)13-24-17-9-7-16(23-4)8-10-17/h6-12,19H,5,13H2,1-4H3,(H,21,22). The Bertz CT molecular complexity index is 680. The third kappa shape index (κ3) is 4.75. The van der Waals surface area contributed by atoms with Gasteiger partial charge in [-0.15, -0.1) is 0 Å². The fourth-order valence-electron chi connectivity index (χ4n) is 2.67. The predicted molar refractivity (Wildman–Crippen MR) is 95.6 cm³/mol. The highest BCUT2D eigenvalue weighted by molar-refractivity contribution is 5.78. The van der Waals surface area contributed by atoms with Crippen molar-refractivity contribution >= 4 is 5.91 Å². The van der Waals surface area contributed by atoms with Gasteiger partial charge in [0, 0.05) is 0 Å². The quantitative estimate of drug-likeness (QED) is 0.837. The summed E-state index contributed by atoms with van der Waals surface area (Å²) in [5, 5.41) is 3.05. The van der Waals surface area contributed by atoms with Crippen molar-refractivity contribution in [2.75, 3.05) is 13.7 Å². The summed E-state index contributed by atoms with van der Waals surface area (Å²) in [4.78, 5) is 12.2. The first-order valence-electron chi connectivity index (χ1n) is 8.16. The van der Waals surface area contributed by atoms with Crippen LogP contribution in [0, 0.1) is 13.8 Å². The molecule has 0 spiro atoms. The second kappa shape index (κ2) is 8.39. The summed E-state index contributed by atoms with van der Waals surface area (Å²) < 4.78 is 10.6. The van der Waals surface area contributed by atoms with E-state index in [2.05, 4.69) is 44.3 Å². The van der Waals surface area contributed by atoms with Gasteiger partial charge in [-0.1, -0.05) is 30.7 Å². The first-order chi connectivity index (χ1) is 11.5. The van der Waals surface area contributed by atoms with Crippen molar-refractivity contribution in [1.29, 1.82) is 0 Å². The first kappa shape index (κ1) is 17.9. The van der Waals surface area contributed by atoms with Crippen LogP contribution < -0.4 is 14.8 Å². The van der Waals surface area contributed by atoms with E-state index in [0.29, 0.717) is 5.75 Å². The number of carbonyl (C=O) groups excluding carboxylic acids is 1. The van der Waals surface area contributed by atoms with E-state index >= 15 is 0 Å². The molecular formula is C20H25NO3. The molecule has 4 heteroatoms.